The minimum absolute atomic E-state index is 0.0494. The number of fused-ring (bicyclic) bond motifs is 5. The molecule has 2 bridgehead atoms. The molecule has 11 rings (SSSR count). The van der Waals surface area contributed by atoms with Gasteiger partial charge in [0.1, 0.15) is 56.8 Å². The zero-order chi connectivity index (χ0) is 110. The molecule has 23 nitrogen and oxygen atoms in total. The monoisotopic (exact) mass is 2000 g/mol. The zero-order valence-corrected chi connectivity index (χ0v) is 94.9. The maximum Gasteiger partial charge on any atom is 0.312 e. The van der Waals surface area contributed by atoms with E-state index in [1.54, 1.807) is 74.5 Å². The van der Waals surface area contributed by atoms with Crippen LogP contribution in [0, 0.1) is 69.0 Å². The van der Waals surface area contributed by atoms with Crippen LogP contribution < -0.4 is 0 Å². The maximum absolute atomic E-state index is 12.1. The number of cyclic esters (lactones) is 3. The predicted octanol–water partition coefficient (Wildman–Crippen LogP) is 29.0. The van der Waals surface area contributed by atoms with E-state index in [4.69, 9.17) is 63.4 Å². The zero-order valence-electron chi connectivity index (χ0n) is 94.9. The number of hydrogen-bond acceptors (Lipinski definition) is 23. The first-order valence-corrected chi connectivity index (χ1v) is 52.9. The highest BCUT2D eigenvalue weighted by Gasteiger charge is 2.54. The average molecular weight is 2000 g/mol. The van der Waals surface area contributed by atoms with Gasteiger partial charge in [0.05, 0.1) is 79.7 Å². The molecule has 23 heteroatoms. The molecule has 0 spiro atoms. The summed E-state index contributed by atoms with van der Waals surface area (Å²) in [4.78, 5) is 104. The van der Waals surface area contributed by atoms with Crippen LogP contribution in [0.2, 0.25) is 0 Å². The van der Waals surface area contributed by atoms with E-state index in [1.807, 2.05) is 206 Å². The van der Waals surface area contributed by atoms with Crippen molar-refractivity contribution < 1.29 is 111 Å². The number of esters is 9. The second-order valence-corrected chi connectivity index (χ2v) is 45.3. The molecule has 3 aliphatic carbocycles. The lowest BCUT2D eigenvalue weighted by atomic mass is 9.82. The molecule has 3 heterocycles. The molecule has 3 saturated heterocycles. The third-order valence-corrected chi connectivity index (χ3v) is 29.9. The lowest BCUT2D eigenvalue weighted by Gasteiger charge is -2.35. The molecule has 5 N–H and O–H groups in total. The van der Waals surface area contributed by atoms with E-state index in [0.29, 0.717) is 110 Å². The SMILES string of the molecule is CC(C)(C)OC(=O)C1CC2C3CCC(C3)C2C1.CCC(C)(C)C(=O)OC.CCC(C)(C)C(=O)OC(C)(C)C(C)C.CCC(C)(C)C(=O)OC(C)(C)C1COC(=O)C1.CCC(C)(C)C(=O)OC1(C)CCOC(=O)C1.CCC(C)C(=O)OC1(C)CCOC(=O)C1.CCC(C)c1ccc(O)cc1.CCC(C)c1ccc(O)cc1.CCC(C)c1ccc(O)cc1.CCC(C)c1ccc(O)cc1.CCC(C)c1ccc(O)cc1. The lowest BCUT2D eigenvalue weighted by Crippen LogP contribution is -2.43. The van der Waals surface area contributed by atoms with Gasteiger partial charge in [-0.3, -0.25) is 43.2 Å². The number of phenolic OH excluding ortho intramolecular Hbond substituents is 5. The number of hydrogen-bond donors (Lipinski definition) is 5. The Morgan fingerprint density at radius 2 is 0.671 bits per heavy atom. The van der Waals surface area contributed by atoms with Crippen LogP contribution in [0.5, 0.6) is 28.7 Å². The van der Waals surface area contributed by atoms with Crippen LogP contribution in [0.4, 0.5) is 0 Å². The fourth-order valence-electron chi connectivity index (χ4n) is 15.3. The standard InChI is InChI=1S/C15H24O2.C13H22O4.C12H20O4.C12H24O2.C11H18O4.5C10H14O.C7H14O2/c1-15(2,3)17-14(16)11-7-12-9-4-5-10(6-9)13(12)8-11;1-6-12(2,3)11(15)17-13(4,5)9-7-10(14)16-8-9;1-5-11(2,3)10(14)16-12(4)6-7-15-9(13)8-12;1-8-11(4,5)10(13)14-12(6,7)9(2)3;1-4-8(2)10(13)15-11(3)5-6-14-9(12)7-11;5*1-3-8(2)9-4-6-10(11)7-5-9;1-5-7(2,3)6(8)9-4/h9-13H,4-8H2,1-3H3;9H,6-8H2,1-5H3;5-8H2,1-4H3;9H,8H2,1-7H3;8H,4-7H2,1-3H3;5*4-8,11H,3H2,1-2H3;5H2,1-4H3. The third-order valence-electron chi connectivity index (χ3n) is 29.9. The van der Waals surface area contributed by atoms with Crippen LogP contribution in [0.1, 0.15) is 428 Å². The van der Waals surface area contributed by atoms with Gasteiger partial charge >= 0.3 is 53.7 Å². The van der Waals surface area contributed by atoms with Gasteiger partial charge in [0.15, 0.2) is 0 Å². The van der Waals surface area contributed by atoms with Crippen LogP contribution in [-0.2, 0) is 85.8 Å². The first-order valence-electron chi connectivity index (χ1n) is 52.9. The molecular weight excluding hydrogens is 1810 g/mol. The van der Waals surface area contributed by atoms with Gasteiger partial charge in [0, 0.05) is 18.8 Å². The number of phenols is 5. The fraction of sp³-hybridized carbons (Fsp3) is 0.675. The van der Waals surface area contributed by atoms with Gasteiger partial charge in [-0.15, -0.1) is 0 Å². The summed E-state index contributed by atoms with van der Waals surface area (Å²) in [6, 6.07) is 37.1. The van der Waals surface area contributed by atoms with E-state index in [9.17, 15) is 43.2 Å². The van der Waals surface area contributed by atoms with Crippen molar-refractivity contribution in [3.63, 3.8) is 0 Å². The van der Waals surface area contributed by atoms with E-state index < -0.39 is 27.6 Å². The van der Waals surface area contributed by atoms with Crippen LogP contribution >= 0.6 is 0 Å². The summed E-state index contributed by atoms with van der Waals surface area (Å²) in [5, 5.41) is 45.1. The van der Waals surface area contributed by atoms with Crippen molar-refractivity contribution in [2.45, 2.75) is 428 Å². The Morgan fingerprint density at radius 1 is 0.378 bits per heavy atom. The molecule has 6 fully saturated rings. The lowest BCUT2D eigenvalue weighted by molar-refractivity contribution is -0.183. The van der Waals surface area contributed by atoms with Gasteiger partial charge in [-0.05, 0) is 362 Å². The smallest absolute Gasteiger partial charge is 0.312 e. The molecule has 0 radical (unpaired) electrons. The highest BCUT2D eigenvalue weighted by molar-refractivity contribution is 5.79. The molecule has 13 atom stereocenters. The van der Waals surface area contributed by atoms with Gasteiger partial charge < -0.3 is 68.2 Å². The maximum atomic E-state index is 12.1. The molecule has 13 unspecified atom stereocenters. The van der Waals surface area contributed by atoms with Crippen LogP contribution in [-0.4, -0.2) is 134 Å². The Morgan fingerprint density at radius 3 is 0.923 bits per heavy atom. The Bertz CT molecular complexity index is 4240. The molecular formula is C120H192O23. The van der Waals surface area contributed by atoms with Gasteiger partial charge in [-0.2, -0.15) is 0 Å². The third kappa shape index (κ3) is 47.6. The number of carbonyl (C=O) groups is 9. The van der Waals surface area contributed by atoms with Crippen molar-refractivity contribution in [3.05, 3.63) is 149 Å². The van der Waals surface area contributed by atoms with Gasteiger partial charge in [0.2, 0.25) is 0 Å². The van der Waals surface area contributed by atoms with Gasteiger partial charge in [0.25, 0.3) is 0 Å². The number of methoxy groups -OCH3 is 1. The first-order chi connectivity index (χ1) is 66.2. The molecule has 810 valence electrons. The number of aromatic hydroxyl groups is 5. The molecule has 5 aromatic rings. The molecule has 3 saturated carbocycles. The molecule has 0 aromatic heterocycles. The van der Waals surface area contributed by atoms with Crippen molar-refractivity contribution in [1.29, 1.82) is 0 Å². The normalized spacial score (nSPS) is 20.6. The summed E-state index contributed by atoms with van der Waals surface area (Å²) in [5.74, 6) is 6.99. The van der Waals surface area contributed by atoms with Gasteiger partial charge in [-0.25, -0.2) is 0 Å². The molecule has 0 amide bonds. The summed E-state index contributed by atoms with van der Waals surface area (Å²) in [5.41, 5.74) is 2.10. The Balaban J connectivity index is 0.000000791. The van der Waals surface area contributed by atoms with Crippen molar-refractivity contribution in [2.24, 2.45) is 69.0 Å². The average Bonchev–Trinajstić information content (AvgIpc) is 1.60. The second-order valence-electron chi connectivity index (χ2n) is 45.3. The minimum atomic E-state index is -0.696. The second kappa shape index (κ2) is 61.7. The van der Waals surface area contributed by atoms with E-state index in [0.717, 1.165) is 94.3 Å². The summed E-state index contributed by atoms with van der Waals surface area (Å²) in [6.07, 6.45) is 17.9. The first kappa shape index (κ1) is 131. The molecule has 6 aliphatic rings. The number of ether oxygens (including phenoxy) is 9. The van der Waals surface area contributed by atoms with E-state index in [-0.39, 0.29) is 106 Å². The fourth-order valence-corrected chi connectivity index (χ4v) is 15.3. The van der Waals surface area contributed by atoms with Crippen molar-refractivity contribution in [3.8, 4) is 28.7 Å². The van der Waals surface area contributed by atoms with Crippen LogP contribution in [0.3, 0.4) is 0 Å². The minimum Gasteiger partial charge on any atom is -0.508 e. The summed E-state index contributed by atoms with van der Waals surface area (Å²) in [6.45, 7) is 70.6. The summed E-state index contributed by atoms with van der Waals surface area (Å²) >= 11 is 0. The predicted molar refractivity (Wildman–Crippen MR) is 572 cm³/mol. The van der Waals surface area contributed by atoms with E-state index in [2.05, 4.69) is 87.8 Å². The van der Waals surface area contributed by atoms with Crippen LogP contribution in [0.15, 0.2) is 121 Å². The summed E-state index contributed by atoms with van der Waals surface area (Å²) < 4.78 is 46.6. The van der Waals surface area contributed by atoms with Crippen molar-refractivity contribution in [2.75, 3.05) is 26.9 Å². The Hall–Kier alpha value is -9.67. The molecule has 143 heavy (non-hydrogen) atoms. The quantitative estimate of drug-likeness (QED) is 0.0241. The van der Waals surface area contributed by atoms with E-state index >= 15 is 0 Å². The topological polar surface area (TPSA) is 338 Å². The highest BCUT2D eigenvalue weighted by atomic mass is 16.6. The summed E-state index contributed by atoms with van der Waals surface area (Å²) in [7, 11) is 1.42. The molecule has 3 aliphatic heterocycles. The largest absolute Gasteiger partial charge is 0.508 e. The highest BCUT2D eigenvalue weighted by Crippen LogP contribution is 2.60. The number of rotatable bonds is 27. The van der Waals surface area contributed by atoms with Crippen molar-refractivity contribution >= 4 is 53.7 Å². The Labute approximate surface area is 862 Å². The Kier molecular flexibility index (Phi) is 56.7. The molecule has 5 aromatic carbocycles. The van der Waals surface area contributed by atoms with E-state index in [1.165, 1.54) is 54.2 Å². The van der Waals surface area contributed by atoms with Crippen LogP contribution in [0.25, 0.3) is 0 Å². The van der Waals surface area contributed by atoms with Gasteiger partial charge in [-0.1, -0.05) is 185 Å². The number of benzene rings is 5. The number of carbonyl (C=O) groups excluding carboxylic acids is 9. The van der Waals surface area contributed by atoms with Crippen molar-refractivity contribution in [1.82, 2.24) is 0 Å².